The van der Waals surface area contributed by atoms with E-state index >= 15 is 0 Å². The molecular formula is C19H25ClN4O. The van der Waals surface area contributed by atoms with Gasteiger partial charge in [-0.25, -0.2) is 4.68 Å². The molecule has 1 fully saturated rings. The average Bonchev–Trinajstić information content (AvgIpc) is 3.03. The van der Waals surface area contributed by atoms with Gasteiger partial charge in [-0.15, -0.1) is 0 Å². The summed E-state index contributed by atoms with van der Waals surface area (Å²) in [6.07, 6.45) is 3.75. The first-order valence-electron chi connectivity index (χ1n) is 8.85. The molecule has 0 saturated carbocycles. The molecule has 0 bridgehead atoms. The molecule has 2 N–H and O–H groups in total. The standard InChI is InChI=1S/C19H25ClN4O/c1-12(2)18-16(19(25)23-17-5-4-10-21-13(17)3)11-22-24(18)15-8-6-14(20)7-9-15/h6-9,11-13,17,21H,4-5,10H2,1-3H3,(H,23,25). The second kappa shape index (κ2) is 7.58. The molecule has 2 aromatic rings. The van der Waals surface area contributed by atoms with Gasteiger partial charge in [0.05, 0.1) is 23.1 Å². The number of aromatic nitrogens is 2. The highest BCUT2D eigenvalue weighted by Crippen LogP contribution is 2.24. The lowest BCUT2D eigenvalue weighted by Gasteiger charge is -2.30. The molecule has 5 nitrogen and oxygen atoms in total. The molecule has 1 aromatic carbocycles. The number of carbonyl (C=O) groups excluding carboxylic acids is 1. The number of amides is 1. The van der Waals surface area contributed by atoms with Gasteiger partial charge in [0.15, 0.2) is 0 Å². The van der Waals surface area contributed by atoms with Gasteiger partial charge in [-0.05, 0) is 56.5 Å². The highest BCUT2D eigenvalue weighted by molar-refractivity contribution is 6.30. The zero-order chi connectivity index (χ0) is 18.0. The summed E-state index contributed by atoms with van der Waals surface area (Å²) in [6, 6.07) is 7.92. The Morgan fingerprint density at radius 2 is 2.08 bits per heavy atom. The molecule has 0 spiro atoms. The van der Waals surface area contributed by atoms with Crippen LogP contribution < -0.4 is 10.6 Å². The summed E-state index contributed by atoms with van der Waals surface area (Å²) < 4.78 is 1.83. The topological polar surface area (TPSA) is 59.0 Å². The van der Waals surface area contributed by atoms with E-state index in [9.17, 15) is 4.79 Å². The second-order valence-corrected chi connectivity index (χ2v) is 7.39. The Kier molecular flexibility index (Phi) is 5.45. The van der Waals surface area contributed by atoms with E-state index < -0.39 is 0 Å². The van der Waals surface area contributed by atoms with Gasteiger partial charge < -0.3 is 10.6 Å². The zero-order valence-corrected chi connectivity index (χ0v) is 15.7. The van der Waals surface area contributed by atoms with Crippen LogP contribution in [0.2, 0.25) is 5.02 Å². The Morgan fingerprint density at radius 1 is 1.36 bits per heavy atom. The number of benzene rings is 1. The first-order valence-corrected chi connectivity index (χ1v) is 9.23. The van der Waals surface area contributed by atoms with Crippen molar-refractivity contribution in [2.45, 2.75) is 51.6 Å². The Bertz CT molecular complexity index is 738. The van der Waals surface area contributed by atoms with Gasteiger partial charge in [0.1, 0.15) is 0 Å². The van der Waals surface area contributed by atoms with Crippen molar-refractivity contribution in [3.8, 4) is 5.69 Å². The van der Waals surface area contributed by atoms with Crippen molar-refractivity contribution >= 4 is 17.5 Å². The van der Waals surface area contributed by atoms with Crippen molar-refractivity contribution in [3.05, 3.63) is 46.7 Å². The number of hydrogen-bond acceptors (Lipinski definition) is 3. The van der Waals surface area contributed by atoms with Crippen LogP contribution in [0.4, 0.5) is 0 Å². The molecule has 2 unspecified atom stereocenters. The van der Waals surface area contributed by atoms with Crippen LogP contribution in [-0.2, 0) is 0 Å². The molecule has 25 heavy (non-hydrogen) atoms. The van der Waals surface area contributed by atoms with Crippen LogP contribution in [-0.4, -0.2) is 34.3 Å². The van der Waals surface area contributed by atoms with Crippen LogP contribution in [0, 0.1) is 0 Å². The second-order valence-electron chi connectivity index (χ2n) is 6.95. The minimum absolute atomic E-state index is 0.0514. The van der Waals surface area contributed by atoms with Crippen molar-refractivity contribution in [2.24, 2.45) is 0 Å². The van der Waals surface area contributed by atoms with E-state index in [0.29, 0.717) is 10.6 Å². The Morgan fingerprint density at radius 3 is 2.72 bits per heavy atom. The quantitative estimate of drug-likeness (QED) is 0.877. The number of carbonyl (C=O) groups is 1. The van der Waals surface area contributed by atoms with Crippen molar-refractivity contribution in [1.29, 1.82) is 0 Å². The number of hydrogen-bond donors (Lipinski definition) is 2. The van der Waals surface area contributed by atoms with Crippen LogP contribution >= 0.6 is 11.6 Å². The number of halogens is 1. The van der Waals surface area contributed by atoms with Gasteiger partial charge in [0, 0.05) is 17.1 Å². The monoisotopic (exact) mass is 360 g/mol. The lowest BCUT2D eigenvalue weighted by Crippen LogP contribution is -2.52. The van der Waals surface area contributed by atoms with E-state index in [4.69, 9.17) is 11.6 Å². The third-order valence-corrected chi connectivity index (χ3v) is 5.00. The van der Waals surface area contributed by atoms with Crippen molar-refractivity contribution in [3.63, 3.8) is 0 Å². The minimum Gasteiger partial charge on any atom is -0.348 e. The molecule has 0 aliphatic carbocycles. The molecule has 1 aliphatic rings. The maximum absolute atomic E-state index is 12.9. The van der Waals surface area contributed by atoms with Crippen molar-refractivity contribution < 1.29 is 4.79 Å². The lowest BCUT2D eigenvalue weighted by atomic mass is 9.99. The number of nitrogens with zero attached hydrogens (tertiary/aromatic N) is 2. The smallest absolute Gasteiger partial charge is 0.255 e. The molecular weight excluding hydrogens is 336 g/mol. The normalized spacial score (nSPS) is 20.7. The van der Waals surface area contributed by atoms with Crippen LogP contribution in [0.25, 0.3) is 5.69 Å². The van der Waals surface area contributed by atoms with E-state index in [-0.39, 0.29) is 23.9 Å². The molecule has 1 saturated heterocycles. The molecule has 0 radical (unpaired) electrons. The van der Waals surface area contributed by atoms with Gasteiger partial charge >= 0.3 is 0 Å². The van der Waals surface area contributed by atoms with E-state index in [1.165, 1.54) is 0 Å². The highest BCUT2D eigenvalue weighted by Gasteiger charge is 2.26. The summed E-state index contributed by atoms with van der Waals surface area (Å²) >= 11 is 5.98. The van der Waals surface area contributed by atoms with E-state index in [1.807, 2.05) is 28.9 Å². The lowest BCUT2D eigenvalue weighted by molar-refractivity contribution is 0.0918. The highest BCUT2D eigenvalue weighted by atomic mass is 35.5. The molecule has 3 rings (SSSR count). The Hall–Kier alpha value is -1.85. The summed E-state index contributed by atoms with van der Waals surface area (Å²) in [7, 11) is 0. The number of rotatable bonds is 4. The molecule has 1 aliphatic heterocycles. The summed E-state index contributed by atoms with van der Waals surface area (Å²) in [5.74, 6) is 0.116. The van der Waals surface area contributed by atoms with Crippen LogP contribution in [0.3, 0.4) is 0 Å². The summed E-state index contributed by atoms with van der Waals surface area (Å²) in [5, 5.41) is 11.7. The Labute approximate surface area is 153 Å². The number of piperidine rings is 1. The van der Waals surface area contributed by atoms with Gasteiger partial charge in [0.2, 0.25) is 0 Å². The minimum atomic E-state index is -0.0514. The van der Waals surface area contributed by atoms with Gasteiger partial charge in [0.25, 0.3) is 5.91 Å². The fraction of sp³-hybridized carbons (Fsp3) is 0.474. The average molecular weight is 361 g/mol. The third kappa shape index (κ3) is 3.88. The van der Waals surface area contributed by atoms with Crippen molar-refractivity contribution in [2.75, 3.05) is 6.54 Å². The predicted molar refractivity (Wildman–Crippen MR) is 101 cm³/mol. The third-order valence-electron chi connectivity index (χ3n) is 4.75. The van der Waals surface area contributed by atoms with Crippen LogP contribution in [0.5, 0.6) is 0 Å². The fourth-order valence-electron chi connectivity index (χ4n) is 3.36. The molecule has 1 aromatic heterocycles. The molecule has 2 atom stereocenters. The first kappa shape index (κ1) is 18.0. The van der Waals surface area contributed by atoms with Gasteiger partial charge in [-0.2, -0.15) is 5.10 Å². The van der Waals surface area contributed by atoms with Crippen LogP contribution in [0.15, 0.2) is 30.5 Å². The maximum Gasteiger partial charge on any atom is 0.255 e. The maximum atomic E-state index is 12.9. The summed E-state index contributed by atoms with van der Waals surface area (Å²) in [5.41, 5.74) is 2.46. The van der Waals surface area contributed by atoms with Crippen molar-refractivity contribution in [1.82, 2.24) is 20.4 Å². The molecule has 1 amide bonds. The van der Waals surface area contributed by atoms with Crippen LogP contribution in [0.1, 0.15) is 55.6 Å². The molecule has 2 heterocycles. The SMILES string of the molecule is CC(C)c1c(C(=O)NC2CCCNC2C)cnn1-c1ccc(Cl)cc1. The molecule has 134 valence electrons. The Balaban J connectivity index is 1.88. The zero-order valence-electron chi connectivity index (χ0n) is 14.9. The molecule has 6 heteroatoms. The van der Waals surface area contributed by atoms with E-state index in [1.54, 1.807) is 6.20 Å². The van der Waals surface area contributed by atoms with E-state index in [0.717, 1.165) is 30.8 Å². The van der Waals surface area contributed by atoms with Gasteiger partial charge in [-0.1, -0.05) is 25.4 Å². The van der Waals surface area contributed by atoms with Gasteiger partial charge in [-0.3, -0.25) is 4.79 Å². The number of nitrogens with one attached hydrogen (secondary N) is 2. The first-order chi connectivity index (χ1) is 12.0. The summed E-state index contributed by atoms with van der Waals surface area (Å²) in [4.78, 5) is 12.9. The largest absolute Gasteiger partial charge is 0.348 e. The fourth-order valence-corrected chi connectivity index (χ4v) is 3.49. The predicted octanol–water partition coefficient (Wildman–Crippen LogP) is 3.52. The summed E-state index contributed by atoms with van der Waals surface area (Å²) in [6.45, 7) is 7.28. The van der Waals surface area contributed by atoms with E-state index in [2.05, 4.69) is 36.5 Å².